The van der Waals surface area contributed by atoms with Gasteiger partial charge in [-0.05, 0) is 25.1 Å². The molecule has 1 N–H and O–H groups in total. The van der Waals surface area contributed by atoms with E-state index in [0.717, 1.165) is 30.0 Å². The Balaban J connectivity index is 2.88. The number of hydrogen-bond donors (Lipinski definition) is 1. The van der Waals surface area contributed by atoms with Crippen LogP contribution in [0.1, 0.15) is 57.6 Å². The van der Waals surface area contributed by atoms with Crippen LogP contribution >= 0.6 is 0 Å². The first kappa shape index (κ1) is 16.8. The molecule has 0 aliphatic rings. The highest BCUT2D eigenvalue weighted by molar-refractivity contribution is 5.47. The maximum Gasteiger partial charge on any atom is 0.127 e. The lowest BCUT2D eigenvalue weighted by atomic mass is 9.98. The Morgan fingerprint density at radius 3 is 2.15 bits per heavy atom. The lowest BCUT2D eigenvalue weighted by molar-refractivity contribution is 0.364. The van der Waals surface area contributed by atoms with Crippen LogP contribution in [0.4, 0.5) is 0 Å². The highest BCUT2D eigenvalue weighted by Gasteiger charge is 2.19. The Hall–Kier alpha value is -1.22. The molecule has 0 aliphatic carbocycles. The fraction of sp³-hybridized carbons (Fsp3) is 0.647. The highest BCUT2D eigenvalue weighted by Crippen LogP contribution is 2.36. The van der Waals surface area contributed by atoms with Gasteiger partial charge < -0.3 is 14.8 Å². The first-order chi connectivity index (χ1) is 9.78. The molecule has 0 radical (unpaired) electrons. The molecule has 0 spiro atoms. The van der Waals surface area contributed by atoms with E-state index in [4.69, 9.17) is 9.47 Å². The summed E-state index contributed by atoms with van der Waals surface area (Å²) < 4.78 is 11.0. The van der Waals surface area contributed by atoms with Crippen LogP contribution in [0.15, 0.2) is 18.2 Å². The van der Waals surface area contributed by atoms with Crippen LogP contribution in [-0.2, 0) is 0 Å². The zero-order valence-electron chi connectivity index (χ0n) is 13.4. The summed E-state index contributed by atoms with van der Waals surface area (Å²) in [4.78, 5) is 0. The number of hydrogen-bond acceptors (Lipinski definition) is 3. The first-order valence-electron chi connectivity index (χ1n) is 7.72. The van der Waals surface area contributed by atoms with Crippen molar-refractivity contribution in [2.45, 2.75) is 52.0 Å². The van der Waals surface area contributed by atoms with Crippen molar-refractivity contribution in [1.29, 1.82) is 0 Å². The van der Waals surface area contributed by atoms with Crippen LogP contribution < -0.4 is 14.8 Å². The second-order valence-electron chi connectivity index (χ2n) is 5.04. The number of methoxy groups -OCH3 is 2. The topological polar surface area (TPSA) is 30.5 Å². The van der Waals surface area contributed by atoms with Crippen molar-refractivity contribution in [3.63, 3.8) is 0 Å². The zero-order valence-corrected chi connectivity index (χ0v) is 13.4. The van der Waals surface area contributed by atoms with E-state index in [1.807, 2.05) is 18.2 Å². The van der Waals surface area contributed by atoms with Gasteiger partial charge in [0.2, 0.25) is 0 Å². The van der Waals surface area contributed by atoms with Crippen LogP contribution in [0.3, 0.4) is 0 Å². The van der Waals surface area contributed by atoms with E-state index < -0.39 is 0 Å². The van der Waals surface area contributed by atoms with Gasteiger partial charge in [-0.2, -0.15) is 0 Å². The third-order valence-corrected chi connectivity index (χ3v) is 3.61. The molecule has 0 aromatic heterocycles. The van der Waals surface area contributed by atoms with Crippen molar-refractivity contribution in [3.05, 3.63) is 23.8 Å². The Morgan fingerprint density at radius 2 is 1.65 bits per heavy atom. The van der Waals surface area contributed by atoms with Crippen molar-refractivity contribution in [3.8, 4) is 11.5 Å². The van der Waals surface area contributed by atoms with Gasteiger partial charge in [0.25, 0.3) is 0 Å². The summed E-state index contributed by atoms with van der Waals surface area (Å²) in [6, 6.07) is 6.28. The lowest BCUT2D eigenvalue weighted by Gasteiger charge is -2.23. The SMILES string of the molecule is CCCCCCC(NCC)c1c(OC)cccc1OC. The number of benzene rings is 1. The number of unbranched alkanes of at least 4 members (excludes halogenated alkanes) is 3. The largest absolute Gasteiger partial charge is 0.496 e. The fourth-order valence-electron chi connectivity index (χ4n) is 2.59. The Labute approximate surface area is 123 Å². The zero-order chi connectivity index (χ0) is 14.8. The van der Waals surface area contributed by atoms with Crippen molar-refractivity contribution >= 4 is 0 Å². The highest BCUT2D eigenvalue weighted by atomic mass is 16.5. The number of nitrogens with one attached hydrogen (secondary N) is 1. The second kappa shape index (κ2) is 9.65. The molecule has 0 heterocycles. The van der Waals surface area contributed by atoms with E-state index in [-0.39, 0.29) is 0 Å². The van der Waals surface area contributed by atoms with Crippen molar-refractivity contribution in [1.82, 2.24) is 5.32 Å². The predicted molar refractivity (Wildman–Crippen MR) is 84.7 cm³/mol. The van der Waals surface area contributed by atoms with Gasteiger partial charge in [-0.25, -0.2) is 0 Å². The van der Waals surface area contributed by atoms with E-state index >= 15 is 0 Å². The minimum atomic E-state index is 0.294. The summed E-state index contributed by atoms with van der Waals surface area (Å²) >= 11 is 0. The molecular weight excluding hydrogens is 250 g/mol. The molecule has 0 fully saturated rings. The number of ether oxygens (including phenoxy) is 2. The van der Waals surface area contributed by atoms with Crippen LogP contribution in [0, 0.1) is 0 Å². The van der Waals surface area contributed by atoms with Gasteiger partial charge in [0.15, 0.2) is 0 Å². The van der Waals surface area contributed by atoms with E-state index in [1.165, 1.54) is 25.7 Å². The molecule has 0 amide bonds. The Morgan fingerprint density at radius 1 is 1.00 bits per heavy atom. The molecule has 0 saturated carbocycles. The molecule has 1 aromatic carbocycles. The first-order valence-corrected chi connectivity index (χ1v) is 7.72. The molecule has 3 nitrogen and oxygen atoms in total. The molecule has 114 valence electrons. The van der Waals surface area contributed by atoms with Gasteiger partial charge in [-0.3, -0.25) is 0 Å². The quantitative estimate of drug-likeness (QED) is 0.647. The van der Waals surface area contributed by atoms with Crippen LogP contribution in [-0.4, -0.2) is 20.8 Å². The van der Waals surface area contributed by atoms with Gasteiger partial charge in [-0.15, -0.1) is 0 Å². The van der Waals surface area contributed by atoms with Crippen molar-refractivity contribution in [2.24, 2.45) is 0 Å². The predicted octanol–water partition coefficient (Wildman–Crippen LogP) is 4.32. The van der Waals surface area contributed by atoms with E-state index in [0.29, 0.717) is 6.04 Å². The standard InChI is InChI=1S/C17H29NO2/c1-5-7-8-9-11-14(18-6-2)17-15(19-3)12-10-13-16(17)20-4/h10,12-14,18H,5-9,11H2,1-4H3. The van der Waals surface area contributed by atoms with Gasteiger partial charge in [0.05, 0.1) is 19.8 Å². The molecule has 3 heteroatoms. The Bertz CT molecular complexity index is 357. The molecule has 1 unspecified atom stereocenters. The molecule has 0 aliphatic heterocycles. The van der Waals surface area contributed by atoms with Gasteiger partial charge >= 0.3 is 0 Å². The third-order valence-electron chi connectivity index (χ3n) is 3.61. The maximum absolute atomic E-state index is 5.52. The van der Waals surface area contributed by atoms with Crippen molar-refractivity contribution in [2.75, 3.05) is 20.8 Å². The third kappa shape index (κ3) is 4.71. The normalized spacial score (nSPS) is 12.2. The average Bonchev–Trinajstić information content (AvgIpc) is 2.49. The van der Waals surface area contributed by atoms with Gasteiger partial charge in [0, 0.05) is 6.04 Å². The fourth-order valence-corrected chi connectivity index (χ4v) is 2.59. The molecule has 0 saturated heterocycles. The lowest BCUT2D eigenvalue weighted by Crippen LogP contribution is -2.22. The van der Waals surface area contributed by atoms with Crippen LogP contribution in [0.25, 0.3) is 0 Å². The number of rotatable bonds is 10. The summed E-state index contributed by atoms with van der Waals surface area (Å²) in [6.07, 6.45) is 6.21. The molecule has 1 rings (SSSR count). The van der Waals surface area contributed by atoms with E-state index in [9.17, 15) is 0 Å². The summed E-state index contributed by atoms with van der Waals surface area (Å²) in [5.74, 6) is 1.82. The summed E-state index contributed by atoms with van der Waals surface area (Å²) in [7, 11) is 3.44. The van der Waals surface area contributed by atoms with Crippen LogP contribution in [0.2, 0.25) is 0 Å². The molecule has 1 atom stereocenters. The minimum Gasteiger partial charge on any atom is -0.496 e. The van der Waals surface area contributed by atoms with Crippen LogP contribution in [0.5, 0.6) is 11.5 Å². The average molecular weight is 279 g/mol. The monoisotopic (exact) mass is 279 g/mol. The summed E-state index contributed by atoms with van der Waals surface area (Å²) in [5, 5.41) is 3.57. The van der Waals surface area contributed by atoms with Gasteiger partial charge in [0.1, 0.15) is 11.5 Å². The van der Waals surface area contributed by atoms with E-state index in [1.54, 1.807) is 14.2 Å². The maximum atomic E-state index is 5.52. The molecule has 20 heavy (non-hydrogen) atoms. The minimum absolute atomic E-state index is 0.294. The smallest absolute Gasteiger partial charge is 0.127 e. The Kier molecular flexibility index (Phi) is 8.12. The summed E-state index contributed by atoms with van der Waals surface area (Å²) in [6.45, 7) is 5.33. The summed E-state index contributed by atoms with van der Waals surface area (Å²) in [5.41, 5.74) is 1.15. The van der Waals surface area contributed by atoms with E-state index in [2.05, 4.69) is 19.2 Å². The van der Waals surface area contributed by atoms with Crippen molar-refractivity contribution < 1.29 is 9.47 Å². The van der Waals surface area contributed by atoms with Gasteiger partial charge in [-0.1, -0.05) is 45.6 Å². The molecule has 0 bridgehead atoms. The second-order valence-corrected chi connectivity index (χ2v) is 5.04. The molecular formula is C17H29NO2. The molecule has 1 aromatic rings.